The van der Waals surface area contributed by atoms with E-state index in [-0.39, 0.29) is 0 Å². The monoisotopic (exact) mass is 284 g/mol. The maximum absolute atomic E-state index is 2.51. The van der Waals surface area contributed by atoms with Gasteiger partial charge in [-0.2, -0.15) is 0 Å². The first-order valence-electron chi connectivity index (χ1n) is 8.76. The zero-order valence-corrected chi connectivity index (χ0v) is 12.9. The highest BCUT2D eigenvalue weighted by molar-refractivity contribution is 5.13. The van der Waals surface area contributed by atoms with Crippen LogP contribution in [0, 0.1) is 17.8 Å². The summed E-state index contributed by atoms with van der Waals surface area (Å²) in [5.74, 6) is 2.85. The molecule has 3 aliphatic rings. The van der Waals surface area contributed by atoms with Gasteiger partial charge >= 0.3 is 0 Å². The van der Waals surface area contributed by atoms with Crippen LogP contribution in [0.2, 0.25) is 0 Å². The van der Waals surface area contributed by atoms with E-state index in [0.29, 0.717) is 0 Å². The van der Waals surface area contributed by atoms with Gasteiger partial charge in [0.2, 0.25) is 0 Å². The molecular weight excluding hydrogens is 256 g/mol. The van der Waals surface area contributed by atoms with Gasteiger partial charge in [0, 0.05) is 11.5 Å². The Morgan fingerprint density at radius 1 is 0.857 bits per heavy atom. The third-order valence-corrected chi connectivity index (χ3v) is 5.93. The first-order valence-corrected chi connectivity index (χ1v) is 8.76. The van der Waals surface area contributed by atoms with Crippen molar-refractivity contribution >= 4 is 0 Å². The SMILES string of the molecule is C1=C[C@H]2C[C@H]1C[C@H]2C[NH+]1CC[NH+](Cc2ccccc2)CC1. The van der Waals surface area contributed by atoms with Crippen molar-refractivity contribution in [1.82, 2.24) is 0 Å². The molecule has 0 amide bonds. The van der Waals surface area contributed by atoms with Gasteiger partial charge in [-0.25, -0.2) is 0 Å². The minimum absolute atomic E-state index is 0.928. The van der Waals surface area contributed by atoms with E-state index in [4.69, 9.17) is 0 Å². The number of piperazine rings is 1. The molecular formula is C19H28N2+2. The van der Waals surface area contributed by atoms with Crippen LogP contribution in [0.3, 0.4) is 0 Å². The molecule has 0 unspecified atom stereocenters. The van der Waals surface area contributed by atoms with E-state index in [1.54, 1.807) is 4.90 Å². The van der Waals surface area contributed by atoms with Crippen molar-refractivity contribution < 1.29 is 9.80 Å². The van der Waals surface area contributed by atoms with Crippen LogP contribution in [0.1, 0.15) is 18.4 Å². The van der Waals surface area contributed by atoms with Gasteiger partial charge in [-0.3, -0.25) is 0 Å². The van der Waals surface area contributed by atoms with Crippen LogP contribution in [0.4, 0.5) is 0 Å². The highest BCUT2D eigenvalue weighted by Crippen LogP contribution is 2.42. The van der Waals surface area contributed by atoms with Crippen molar-refractivity contribution in [1.29, 1.82) is 0 Å². The smallest absolute Gasteiger partial charge is 0.127 e. The van der Waals surface area contributed by atoms with E-state index in [0.717, 1.165) is 17.8 Å². The van der Waals surface area contributed by atoms with E-state index in [9.17, 15) is 0 Å². The molecule has 1 saturated carbocycles. The molecule has 0 spiro atoms. The van der Waals surface area contributed by atoms with E-state index >= 15 is 0 Å². The maximum Gasteiger partial charge on any atom is 0.127 e. The third-order valence-electron chi connectivity index (χ3n) is 5.93. The molecule has 4 rings (SSSR count). The van der Waals surface area contributed by atoms with E-state index in [2.05, 4.69) is 42.5 Å². The Morgan fingerprint density at radius 3 is 2.29 bits per heavy atom. The third kappa shape index (κ3) is 3.07. The van der Waals surface area contributed by atoms with Crippen LogP contribution < -0.4 is 9.80 Å². The number of rotatable bonds is 4. The quantitative estimate of drug-likeness (QED) is 0.730. The van der Waals surface area contributed by atoms with Gasteiger partial charge in [-0.05, 0) is 24.7 Å². The highest BCUT2D eigenvalue weighted by atomic mass is 15.3. The number of quaternary nitrogens is 2. The molecule has 2 aliphatic carbocycles. The number of fused-ring (bicyclic) bond motifs is 2. The molecule has 1 heterocycles. The minimum atomic E-state index is 0.928. The summed E-state index contributed by atoms with van der Waals surface area (Å²) in [6.07, 6.45) is 7.92. The molecule has 1 aromatic rings. The Kier molecular flexibility index (Phi) is 3.83. The van der Waals surface area contributed by atoms with Gasteiger partial charge in [0.25, 0.3) is 0 Å². The first kappa shape index (κ1) is 13.5. The number of hydrogen-bond acceptors (Lipinski definition) is 0. The van der Waals surface area contributed by atoms with Crippen LogP contribution in [-0.2, 0) is 6.54 Å². The molecule has 1 aliphatic heterocycles. The molecule has 2 N–H and O–H groups in total. The molecule has 21 heavy (non-hydrogen) atoms. The number of benzene rings is 1. The Balaban J connectivity index is 1.24. The summed E-state index contributed by atoms with van der Waals surface area (Å²) in [6, 6.07) is 11.0. The lowest BCUT2D eigenvalue weighted by molar-refractivity contribution is -1.02. The Bertz CT molecular complexity index is 488. The topological polar surface area (TPSA) is 8.88 Å². The summed E-state index contributed by atoms with van der Waals surface area (Å²) >= 11 is 0. The maximum atomic E-state index is 2.51. The zero-order valence-electron chi connectivity index (χ0n) is 12.9. The predicted molar refractivity (Wildman–Crippen MR) is 85.3 cm³/mol. The normalized spacial score (nSPS) is 38.0. The number of nitrogens with one attached hydrogen (secondary N) is 2. The van der Waals surface area contributed by atoms with Crippen molar-refractivity contribution in [2.24, 2.45) is 17.8 Å². The average Bonchev–Trinajstić information content (AvgIpc) is 3.13. The largest absolute Gasteiger partial charge is 0.325 e. The molecule has 1 saturated heterocycles. The standard InChI is InChI=1S/C19H26N2/c1-2-4-16(5-3-1)14-20-8-10-21(11-9-20)15-19-13-17-6-7-18(19)12-17/h1-7,17-19H,8-15H2/p+2/t17-,18-,19-/m0/s1. The zero-order chi connectivity index (χ0) is 14.1. The number of allylic oxidation sites excluding steroid dienone is 2. The molecule has 1 aromatic carbocycles. The molecule has 2 nitrogen and oxygen atoms in total. The molecule has 112 valence electrons. The van der Waals surface area contributed by atoms with Crippen LogP contribution >= 0.6 is 0 Å². The van der Waals surface area contributed by atoms with Crippen LogP contribution in [0.15, 0.2) is 42.5 Å². The second-order valence-electron chi connectivity index (χ2n) is 7.41. The van der Waals surface area contributed by atoms with E-state index in [1.165, 1.54) is 57.7 Å². The summed E-state index contributed by atoms with van der Waals surface area (Å²) in [4.78, 5) is 3.65. The molecule has 2 heteroatoms. The van der Waals surface area contributed by atoms with Gasteiger partial charge in [0.05, 0.1) is 6.54 Å². The van der Waals surface area contributed by atoms with Crippen molar-refractivity contribution in [2.75, 3.05) is 32.7 Å². The summed E-state index contributed by atoms with van der Waals surface area (Å²) in [5.41, 5.74) is 1.49. The average molecular weight is 284 g/mol. The minimum Gasteiger partial charge on any atom is -0.325 e. The first-order chi connectivity index (χ1) is 10.4. The molecule has 2 fully saturated rings. The molecule has 3 atom stereocenters. The lowest BCUT2D eigenvalue weighted by Gasteiger charge is -2.32. The highest BCUT2D eigenvalue weighted by Gasteiger charge is 2.38. The summed E-state index contributed by atoms with van der Waals surface area (Å²) in [5, 5.41) is 0. The summed E-state index contributed by atoms with van der Waals surface area (Å²) in [7, 11) is 0. The van der Waals surface area contributed by atoms with Gasteiger partial charge in [0.15, 0.2) is 0 Å². The Hall–Kier alpha value is -1.12. The lowest BCUT2D eigenvalue weighted by Crippen LogP contribution is -3.27. The van der Waals surface area contributed by atoms with E-state index in [1.807, 2.05) is 4.90 Å². The second-order valence-corrected chi connectivity index (χ2v) is 7.41. The Labute approximate surface area is 128 Å². The van der Waals surface area contributed by atoms with Gasteiger partial charge in [0.1, 0.15) is 32.7 Å². The molecule has 2 bridgehead atoms. The fourth-order valence-corrected chi connectivity index (χ4v) is 4.72. The lowest BCUT2D eigenvalue weighted by atomic mass is 9.93. The summed E-state index contributed by atoms with van der Waals surface area (Å²) < 4.78 is 0. The van der Waals surface area contributed by atoms with Gasteiger partial charge in [-0.15, -0.1) is 0 Å². The van der Waals surface area contributed by atoms with Crippen molar-refractivity contribution in [2.45, 2.75) is 19.4 Å². The van der Waals surface area contributed by atoms with Gasteiger partial charge < -0.3 is 9.80 Å². The molecule has 0 radical (unpaired) electrons. The second kappa shape index (κ2) is 5.94. The predicted octanol–water partition coefficient (Wildman–Crippen LogP) is 0.182. The van der Waals surface area contributed by atoms with Gasteiger partial charge in [-0.1, -0.05) is 42.5 Å². The fourth-order valence-electron chi connectivity index (χ4n) is 4.72. The fraction of sp³-hybridized carbons (Fsp3) is 0.579. The number of hydrogen-bond donors (Lipinski definition) is 2. The Morgan fingerprint density at radius 2 is 1.62 bits per heavy atom. The van der Waals surface area contributed by atoms with Crippen LogP contribution in [0.5, 0.6) is 0 Å². The van der Waals surface area contributed by atoms with Crippen molar-refractivity contribution in [3.8, 4) is 0 Å². The summed E-state index contributed by atoms with van der Waals surface area (Å²) in [6.45, 7) is 8.09. The van der Waals surface area contributed by atoms with Crippen molar-refractivity contribution in [3.63, 3.8) is 0 Å². The molecule has 0 aromatic heterocycles. The van der Waals surface area contributed by atoms with E-state index < -0.39 is 0 Å². The van der Waals surface area contributed by atoms with Crippen LogP contribution in [-0.4, -0.2) is 32.7 Å². The van der Waals surface area contributed by atoms with Crippen LogP contribution in [0.25, 0.3) is 0 Å². The van der Waals surface area contributed by atoms with Crippen molar-refractivity contribution in [3.05, 3.63) is 48.0 Å².